The normalized spacial score (nSPS) is 26.1. The van der Waals surface area contributed by atoms with Gasteiger partial charge >= 0.3 is 0 Å². The van der Waals surface area contributed by atoms with Crippen molar-refractivity contribution in [2.75, 3.05) is 7.05 Å². The molecular formula is C15H25N3O. The van der Waals surface area contributed by atoms with E-state index in [1.54, 1.807) is 0 Å². The predicted molar refractivity (Wildman–Crippen MR) is 74.9 cm³/mol. The fourth-order valence-corrected chi connectivity index (χ4v) is 3.64. The molecule has 106 valence electrons. The van der Waals surface area contributed by atoms with Crippen LogP contribution in [-0.2, 0) is 17.8 Å². The van der Waals surface area contributed by atoms with Crippen LogP contribution in [0.25, 0.3) is 0 Å². The molecule has 4 heteroatoms. The van der Waals surface area contributed by atoms with Crippen molar-refractivity contribution in [3.8, 4) is 0 Å². The number of aromatic nitrogens is 2. The summed E-state index contributed by atoms with van der Waals surface area (Å²) in [6.07, 6.45) is 13.4. The topological polar surface area (TPSA) is 39.1 Å². The lowest BCUT2D eigenvalue weighted by Crippen LogP contribution is -2.32. The molecule has 1 N–H and O–H groups in total. The number of rotatable bonds is 4. The van der Waals surface area contributed by atoms with Gasteiger partial charge < -0.3 is 14.6 Å². The largest absolute Gasteiger partial charge is 0.370 e. The first-order chi connectivity index (χ1) is 9.31. The van der Waals surface area contributed by atoms with E-state index in [0.717, 1.165) is 18.9 Å². The molecule has 19 heavy (non-hydrogen) atoms. The molecule has 0 aromatic carbocycles. The van der Waals surface area contributed by atoms with E-state index in [9.17, 15) is 0 Å². The first-order valence-corrected chi connectivity index (χ1v) is 7.64. The highest BCUT2D eigenvalue weighted by molar-refractivity contribution is 4.95. The first-order valence-electron chi connectivity index (χ1n) is 7.64. The number of ether oxygens (including phenoxy) is 1. The summed E-state index contributed by atoms with van der Waals surface area (Å²) in [5.41, 5.74) is 0.229. The molecule has 1 atom stereocenters. The van der Waals surface area contributed by atoms with Gasteiger partial charge in [0, 0.05) is 12.4 Å². The van der Waals surface area contributed by atoms with Gasteiger partial charge in [0.15, 0.2) is 0 Å². The van der Waals surface area contributed by atoms with Gasteiger partial charge in [-0.25, -0.2) is 4.98 Å². The van der Waals surface area contributed by atoms with Crippen LogP contribution < -0.4 is 5.32 Å². The van der Waals surface area contributed by atoms with E-state index in [1.807, 2.05) is 13.2 Å². The Morgan fingerprint density at radius 3 is 3.00 bits per heavy atom. The van der Waals surface area contributed by atoms with Crippen molar-refractivity contribution in [3.05, 3.63) is 18.2 Å². The Morgan fingerprint density at radius 2 is 2.21 bits per heavy atom. The molecule has 1 saturated carbocycles. The van der Waals surface area contributed by atoms with Crippen molar-refractivity contribution in [2.45, 2.75) is 69.7 Å². The molecule has 2 fully saturated rings. The molecular weight excluding hydrogens is 238 g/mol. The monoisotopic (exact) mass is 263 g/mol. The highest BCUT2D eigenvalue weighted by atomic mass is 16.5. The number of hydrogen-bond acceptors (Lipinski definition) is 3. The Hall–Kier alpha value is -0.870. The minimum absolute atomic E-state index is 0.229. The summed E-state index contributed by atoms with van der Waals surface area (Å²) < 4.78 is 8.67. The zero-order chi connectivity index (χ0) is 13.1. The average Bonchev–Trinajstić information content (AvgIpc) is 3.00. The molecule has 4 nitrogen and oxygen atoms in total. The van der Waals surface area contributed by atoms with Gasteiger partial charge in [0.05, 0.1) is 24.8 Å². The molecule has 0 radical (unpaired) electrons. The van der Waals surface area contributed by atoms with Crippen molar-refractivity contribution in [2.24, 2.45) is 0 Å². The van der Waals surface area contributed by atoms with Crippen LogP contribution in [0.15, 0.2) is 12.4 Å². The van der Waals surface area contributed by atoms with Crippen LogP contribution in [-0.4, -0.2) is 28.3 Å². The summed E-state index contributed by atoms with van der Waals surface area (Å²) in [6.45, 7) is 1.78. The maximum absolute atomic E-state index is 6.43. The third-order valence-corrected chi connectivity index (χ3v) is 4.64. The molecule has 1 spiro atoms. The third-order valence-electron chi connectivity index (χ3n) is 4.64. The number of hydrogen-bond donors (Lipinski definition) is 1. The predicted octanol–water partition coefficient (Wildman–Crippen LogP) is 2.48. The summed E-state index contributed by atoms with van der Waals surface area (Å²) in [4.78, 5) is 4.40. The Labute approximate surface area is 115 Å². The minimum Gasteiger partial charge on any atom is -0.370 e. The quantitative estimate of drug-likeness (QED) is 0.907. The van der Waals surface area contributed by atoms with Crippen molar-refractivity contribution >= 4 is 0 Å². The van der Waals surface area contributed by atoms with Crippen molar-refractivity contribution < 1.29 is 4.74 Å². The second kappa shape index (κ2) is 5.63. The minimum atomic E-state index is 0.229. The fraction of sp³-hybridized carbons (Fsp3) is 0.800. The smallest absolute Gasteiger partial charge is 0.122 e. The summed E-state index contributed by atoms with van der Waals surface area (Å²) in [5, 5.41) is 3.17. The van der Waals surface area contributed by atoms with Crippen LogP contribution >= 0.6 is 0 Å². The van der Waals surface area contributed by atoms with Crippen LogP contribution in [0.4, 0.5) is 0 Å². The van der Waals surface area contributed by atoms with Gasteiger partial charge in [-0.1, -0.05) is 19.3 Å². The van der Waals surface area contributed by atoms with E-state index in [-0.39, 0.29) is 5.60 Å². The molecule has 2 aliphatic rings. The second-order valence-corrected chi connectivity index (χ2v) is 6.05. The van der Waals surface area contributed by atoms with Crippen molar-refractivity contribution in [3.63, 3.8) is 0 Å². The van der Waals surface area contributed by atoms with E-state index >= 15 is 0 Å². The number of nitrogens with one attached hydrogen (secondary N) is 1. The van der Waals surface area contributed by atoms with Crippen LogP contribution in [0.5, 0.6) is 0 Å². The lowest BCUT2D eigenvalue weighted by atomic mass is 9.83. The summed E-state index contributed by atoms with van der Waals surface area (Å²) in [7, 11) is 1.96. The molecule has 1 aromatic rings. The van der Waals surface area contributed by atoms with Gasteiger partial charge in [-0.2, -0.15) is 0 Å². The molecule has 1 aromatic heterocycles. The van der Waals surface area contributed by atoms with Crippen molar-refractivity contribution in [1.29, 1.82) is 0 Å². The van der Waals surface area contributed by atoms with E-state index in [2.05, 4.69) is 21.1 Å². The van der Waals surface area contributed by atoms with Crippen LogP contribution in [0.3, 0.4) is 0 Å². The molecule has 3 rings (SSSR count). The third kappa shape index (κ3) is 2.84. The highest BCUT2D eigenvalue weighted by Gasteiger charge is 2.40. The van der Waals surface area contributed by atoms with Gasteiger partial charge in [0.25, 0.3) is 0 Å². The summed E-state index contributed by atoms with van der Waals surface area (Å²) in [6, 6.07) is 0. The molecule has 0 bridgehead atoms. The van der Waals surface area contributed by atoms with E-state index < -0.39 is 0 Å². The maximum atomic E-state index is 6.43. The van der Waals surface area contributed by atoms with Gasteiger partial charge in [0.2, 0.25) is 0 Å². The Morgan fingerprint density at radius 1 is 1.37 bits per heavy atom. The first kappa shape index (κ1) is 13.1. The molecule has 0 amide bonds. The SMILES string of the molecule is CNCc1nccn1CC1CCC2(CCCCC2)O1. The molecule has 1 saturated heterocycles. The second-order valence-electron chi connectivity index (χ2n) is 6.05. The van der Waals surface area contributed by atoms with E-state index in [4.69, 9.17) is 4.74 Å². The van der Waals surface area contributed by atoms with E-state index in [0.29, 0.717) is 6.10 Å². The number of nitrogens with zero attached hydrogens (tertiary/aromatic N) is 2. The van der Waals surface area contributed by atoms with Gasteiger partial charge in [-0.3, -0.25) is 0 Å². The Kier molecular flexibility index (Phi) is 3.89. The Bertz CT molecular complexity index is 409. The maximum Gasteiger partial charge on any atom is 0.122 e. The van der Waals surface area contributed by atoms with Crippen LogP contribution in [0.1, 0.15) is 50.8 Å². The fourth-order valence-electron chi connectivity index (χ4n) is 3.64. The highest BCUT2D eigenvalue weighted by Crippen LogP contribution is 2.42. The standard InChI is InChI=1S/C15H25N3O/c1-16-11-14-17-9-10-18(14)12-13-5-8-15(19-13)6-3-2-4-7-15/h9-10,13,16H,2-8,11-12H2,1H3. The average molecular weight is 263 g/mol. The zero-order valence-corrected chi connectivity index (χ0v) is 11.9. The van der Waals surface area contributed by atoms with Gasteiger partial charge in [-0.15, -0.1) is 0 Å². The Balaban J connectivity index is 1.60. The summed E-state index contributed by atoms with van der Waals surface area (Å²) in [5.74, 6) is 1.11. The van der Waals surface area contributed by atoms with E-state index in [1.165, 1.54) is 44.9 Å². The number of imidazole rings is 1. The molecule has 1 unspecified atom stereocenters. The van der Waals surface area contributed by atoms with Crippen molar-refractivity contribution in [1.82, 2.24) is 14.9 Å². The summed E-state index contributed by atoms with van der Waals surface area (Å²) >= 11 is 0. The molecule has 1 aliphatic heterocycles. The lowest BCUT2D eigenvalue weighted by molar-refractivity contribution is -0.0681. The molecule has 2 heterocycles. The molecule has 1 aliphatic carbocycles. The van der Waals surface area contributed by atoms with Crippen LogP contribution in [0, 0.1) is 0 Å². The lowest BCUT2D eigenvalue weighted by Gasteiger charge is -2.33. The zero-order valence-electron chi connectivity index (χ0n) is 11.9. The van der Waals surface area contributed by atoms with Gasteiger partial charge in [-0.05, 0) is 32.7 Å². The van der Waals surface area contributed by atoms with Gasteiger partial charge in [0.1, 0.15) is 5.82 Å². The van der Waals surface area contributed by atoms with Crippen LogP contribution in [0.2, 0.25) is 0 Å².